The van der Waals surface area contributed by atoms with Crippen LogP contribution in [0.5, 0.6) is 0 Å². The summed E-state index contributed by atoms with van der Waals surface area (Å²) in [6, 6.07) is 0. The van der Waals surface area contributed by atoms with Crippen LogP contribution in [0.15, 0.2) is 0 Å². The lowest BCUT2D eigenvalue weighted by atomic mass is 10.2. The second kappa shape index (κ2) is 6.40. The Hall–Kier alpha value is -0.353. The first kappa shape index (κ1) is 15.6. The monoisotopic (exact) mass is 246 g/mol. The highest BCUT2D eigenvalue weighted by Gasteiger charge is 2.37. The molecule has 16 heavy (non-hydrogen) atoms. The smallest absolute Gasteiger partial charge is 0.330 e. The molecule has 0 amide bonds. The average Bonchev–Trinajstić information content (AvgIpc) is 2.13. The van der Waals surface area contributed by atoms with Gasteiger partial charge in [-0.1, -0.05) is 34.1 Å². The molecule has 0 aliphatic heterocycles. The summed E-state index contributed by atoms with van der Waals surface area (Å²) in [5.41, 5.74) is 0. The van der Waals surface area contributed by atoms with Gasteiger partial charge in [-0.3, -0.25) is 0 Å². The van der Waals surface area contributed by atoms with E-state index in [9.17, 15) is 4.79 Å². The van der Waals surface area contributed by atoms with Crippen LogP contribution >= 0.6 is 0 Å². The summed E-state index contributed by atoms with van der Waals surface area (Å²) >= 11 is 0. The largest absolute Gasteiger partial charge is 0.464 e. The van der Waals surface area contributed by atoms with Crippen molar-refractivity contribution in [3.63, 3.8) is 0 Å². The third-order valence-electron chi connectivity index (χ3n) is 3.12. The molecule has 0 rings (SSSR count). The molecule has 3 nitrogen and oxygen atoms in total. The average molecular weight is 246 g/mol. The maximum Gasteiger partial charge on any atom is 0.330 e. The SMILES string of the molecule is CCCCOC(=O)CO[Si](C)(C)C(C)(C)C. The molecule has 0 spiro atoms. The van der Waals surface area contributed by atoms with Gasteiger partial charge in [-0.15, -0.1) is 0 Å². The van der Waals surface area contributed by atoms with E-state index < -0.39 is 8.32 Å². The van der Waals surface area contributed by atoms with Crippen molar-refractivity contribution in [3.05, 3.63) is 0 Å². The Morgan fingerprint density at radius 3 is 2.25 bits per heavy atom. The molecule has 0 N–H and O–H groups in total. The number of unbranched alkanes of at least 4 members (excludes halogenated alkanes) is 1. The molecule has 0 bridgehead atoms. The molecule has 0 saturated heterocycles. The zero-order valence-electron chi connectivity index (χ0n) is 11.6. The molecule has 0 fully saturated rings. The third-order valence-corrected chi connectivity index (χ3v) is 7.60. The summed E-state index contributed by atoms with van der Waals surface area (Å²) in [7, 11) is -1.82. The molecule has 0 aliphatic carbocycles. The number of rotatable bonds is 6. The van der Waals surface area contributed by atoms with Crippen molar-refractivity contribution in [1.29, 1.82) is 0 Å². The number of carbonyl (C=O) groups is 1. The zero-order chi connectivity index (χ0) is 12.8. The lowest BCUT2D eigenvalue weighted by Gasteiger charge is -2.35. The summed E-state index contributed by atoms with van der Waals surface area (Å²) in [5.74, 6) is -0.238. The van der Waals surface area contributed by atoms with E-state index in [4.69, 9.17) is 9.16 Å². The van der Waals surface area contributed by atoms with E-state index in [0.717, 1.165) is 12.8 Å². The number of esters is 1. The van der Waals surface area contributed by atoms with Gasteiger partial charge in [0.15, 0.2) is 8.32 Å². The minimum atomic E-state index is -1.82. The van der Waals surface area contributed by atoms with E-state index >= 15 is 0 Å². The van der Waals surface area contributed by atoms with Crippen LogP contribution in [-0.4, -0.2) is 27.5 Å². The van der Waals surface area contributed by atoms with Crippen molar-refractivity contribution < 1.29 is 14.0 Å². The summed E-state index contributed by atoms with van der Waals surface area (Å²) in [5, 5.41) is 0.136. The molecule has 0 radical (unpaired) electrons. The van der Waals surface area contributed by atoms with Crippen LogP contribution in [0.1, 0.15) is 40.5 Å². The minimum absolute atomic E-state index is 0.0974. The van der Waals surface area contributed by atoms with Gasteiger partial charge in [-0.25, -0.2) is 4.79 Å². The van der Waals surface area contributed by atoms with Gasteiger partial charge in [0.1, 0.15) is 6.61 Å². The fourth-order valence-electron chi connectivity index (χ4n) is 0.828. The van der Waals surface area contributed by atoms with Crippen LogP contribution in [0.25, 0.3) is 0 Å². The predicted molar refractivity (Wildman–Crippen MR) is 69.0 cm³/mol. The van der Waals surface area contributed by atoms with Gasteiger partial charge in [0.25, 0.3) is 0 Å². The molecule has 0 aromatic heterocycles. The first-order valence-corrected chi connectivity index (χ1v) is 8.91. The molecule has 0 heterocycles. The van der Waals surface area contributed by atoms with Gasteiger partial charge < -0.3 is 9.16 Å². The number of ether oxygens (including phenoxy) is 1. The van der Waals surface area contributed by atoms with Crippen LogP contribution in [0.4, 0.5) is 0 Å². The lowest BCUT2D eigenvalue weighted by Crippen LogP contribution is -2.42. The molecule has 0 aromatic rings. The Morgan fingerprint density at radius 2 is 1.81 bits per heavy atom. The molecule has 0 saturated carbocycles. The van der Waals surface area contributed by atoms with Gasteiger partial charge in [0, 0.05) is 0 Å². The number of hydrogen-bond donors (Lipinski definition) is 0. The normalized spacial score (nSPS) is 12.6. The maximum absolute atomic E-state index is 11.4. The van der Waals surface area contributed by atoms with Crippen molar-refractivity contribution in [1.82, 2.24) is 0 Å². The van der Waals surface area contributed by atoms with E-state index in [-0.39, 0.29) is 17.6 Å². The second-order valence-electron chi connectivity index (χ2n) is 5.62. The highest BCUT2D eigenvalue weighted by Crippen LogP contribution is 2.36. The fraction of sp³-hybridized carbons (Fsp3) is 0.917. The van der Waals surface area contributed by atoms with E-state index in [1.54, 1.807) is 0 Å². The van der Waals surface area contributed by atoms with Gasteiger partial charge in [0.2, 0.25) is 0 Å². The van der Waals surface area contributed by atoms with Crippen LogP contribution in [-0.2, 0) is 14.0 Å². The zero-order valence-corrected chi connectivity index (χ0v) is 12.6. The van der Waals surface area contributed by atoms with E-state index in [2.05, 4.69) is 40.8 Å². The van der Waals surface area contributed by atoms with Gasteiger partial charge in [0.05, 0.1) is 6.61 Å². The van der Waals surface area contributed by atoms with Crippen molar-refractivity contribution in [2.75, 3.05) is 13.2 Å². The standard InChI is InChI=1S/C12H26O3Si/c1-7-8-9-14-11(13)10-15-16(5,6)12(2,3)4/h7-10H2,1-6H3. The minimum Gasteiger partial charge on any atom is -0.464 e. The summed E-state index contributed by atoms with van der Waals surface area (Å²) < 4.78 is 10.8. The quantitative estimate of drug-likeness (QED) is 0.409. The van der Waals surface area contributed by atoms with E-state index in [1.807, 2.05) is 0 Å². The van der Waals surface area contributed by atoms with Gasteiger partial charge in [-0.05, 0) is 24.6 Å². The van der Waals surface area contributed by atoms with E-state index in [1.165, 1.54) is 0 Å². The van der Waals surface area contributed by atoms with Crippen LogP contribution in [0, 0.1) is 0 Å². The molecular weight excluding hydrogens is 220 g/mol. The first-order valence-electron chi connectivity index (χ1n) is 6.00. The summed E-state index contributed by atoms with van der Waals surface area (Å²) in [6.07, 6.45) is 1.96. The maximum atomic E-state index is 11.4. The van der Waals surface area contributed by atoms with Gasteiger partial charge >= 0.3 is 5.97 Å². The Bertz CT molecular complexity index is 219. The topological polar surface area (TPSA) is 35.5 Å². The van der Waals surface area contributed by atoms with Crippen molar-refractivity contribution >= 4 is 14.3 Å². The summed E-state index contributed by atoms with van der Waals surface area (Å²) in [4.78, 5) is 11.4. The molecule has 0 aromatic carbocycles. The number of carbonyl (C=O) groups excluding carboxylic acids is 1. The van der Waals surface area contributed by atoms with Crippen molar-refractivity contribution in [2.45, 2.75) is 58.7 Å². The second-order valence-corrected chi connectivity index (χ2v) is 10.4. The van der Waals surface area contributed by atoms with E-state index in [0.29, 0.717) is 6.61 Å². The first-order chi connectivity index (χ1) is 7.20. The Morgan fingerprint density at radius 1 is 1.25 bits per heavy atom. The molecule has 4 heteroatoms. The molecule has 0 aliphatic rings. The molecule has 96 valence electrons. The van der Waals surface area contributed by atoms with Crippen molar-refractivity contribution in [3.8, 4) is 0 Å². The third kappa shape index (κ3) is 5.65. The lowest BCUT2D eigenvalue weighted by molar-refractivity contribution is -0.146. The van der Waals surface area contributed by atoms with Crippen LogP contribution in [0.3, 0.4) is 0 Å². The van der Waals surface area contributed by atoms with Gasteiger partial charge in [-0.2, -0.15) is 0 Å². The van der Waals surface area contributed by atoms with Crippen LogP contribution < -0.4 is 0 Å². The molecular formula is C12H26O3Si. The van der Waals surface area contributed by atoms with Crippen molar-refractivity contribution in [2.24, 2.45) is 0 Å². The highest BCUT2D eigenvalue weighted by molar-refractivity contribution is 6.74. The Labute approximate surface area is 101 Å². The Balaban J connectivity index is 3.92. The summed E-state index contributed by atoms with van der Waals surface area (Å²) in [6.45, 7) is 13.4. The fourth-order valence-corrected chi connectivity index (χ4v) is 1.74. The molecule has 0 atom stereocenters. The predicted octanol–water partition coefficient (Wildman–Crippen LogP) is 3.35. The highest BCUT2D eigenvalue weighted by atomic mass is 28.4. The number of hydrogen-bond acceptors (Lipinski definition) is 3. The Kier molecular flexibility index (Phi) is 6.26. The van der Waals surface area contributed by atoms with Crippen LogP contribution in [0.2, 0.25) is 18.1 Å². The molecule has 0 unspecified atom stereocenters.